The average molecular weight is 331 g/mol. The van der Waals surface area contributed by atoms with E-state index in [2.05, 4.69) is 26.8 Å². The molecule has 0 radical (unpaired) electrons. The van der Waals surface area contributed by atoms with Crippen LogP contribution in [0.25, 0.3) is 0 Å². The molecule has 0 spiro atoms. The lowest BCUT2D eigenvalue weighted by molar-refractivity contribution is -0.115. The predicted molar refractivity (Wildman–Crippen MR) is 101 cm³/mol. The molecule has 2 aliphatic carbocycles. The molecule has 0 saturated heterocycles. The molecular formula is C22H34O2. The Balaban J connectivity index is 1.84. The van der Waals surface area contributed by atoms with Gasteiger partial charge in [-0.05, 0) is 76.2 Å². The van der Waals surface area contributed by atoms with Crippen molar-refractivity contribution in [2.75, 3.05) is 0 Å². The van der Waals surface area contributed by atoms with Gasteiger partial charge in [0.15, 0.2) is 5.78 Å². The number of rotatable bonds is 7. The first kappa shape index (κ1) is 19.2. The standard InChI is InChI=1S/C22H34O2/c1-16(2)7-9-19-12-20(15-22(24)14-19)11-17(3)8-10-18-5-4-6-21(23)13-18/h8,13-14,16,20-21,23H,4-7,9-12,15H2,1-3H3/b17-8+. The third-order valence-corrected chi connectivity index (χ3v) is 5.20. The van der Waals surface area contributed by atoms with Gasteiger partial charge in [0.25, 0.3) is 0 Å². The van der Waals surface area contributed by atoms with Crippen LogP contribution in [0.3, 0.4) is 0 Å². The Hall–Kier alpha value is -1.15. The zero-order valence-electron chi connectivity index (χ0n) is 15.7. The lowest BCUT2D eigenvalue weighted by Gasteiger charge is -2.23. The van der Waals surface area contributed by atoms with Crippen LogP contribution in [-0.2, 0) is 4.79 Å². The Labute approximate surface area is 147 Å². The number of hydrogen-bond acceptors (Lipinski definition) is 2. The van der Waals surface area contributed by atoms with Crippen LogP contribution in [0.4, 0.5) is 0 Å². The molecule has 2 heteroatoms. The van der Waals surface area contributed by atoms with Crippen LogP contribution < -0.4 is 0 Å². The van der Waals surface area contributed by atoms with E-state index in [0.717, 1.165) is 44.9 Å². The summed E-state index contributed by atoms with van der Waals surface area (Å²) in [4.78, 5) is 12.0. The van der Waals surface area contributed by atoms with Gasteiger partial charge in [-0.25, -0.2) is 0 Å². The largest absolute Gasteiger partial charge is 0.389 e. The maximum atomic E-state index is 12.0. The van der Waals surface area contributed by atoms with Gasteiger partial charge in [0, 0.05) is 6.42 Å². The molecule has 1 N–H and O–H groups in total. The van der Waals surface area contributed by atoms with Crippen molar-refractivity contribution in [3.8, 4) is 0 Å². The van der Waals surface area contributed by atoms with E-state index in [9.17, 15) is 9.90 Å². The summed E-state index contributed by atoms with van der Waals surface area (Å²) in [6.07, 6.45) is 15.2. The minimum absolute atomic E-state index is 0.243. The summed E-state index contributed by atoms with van der Waals surface area (Å²) >= 11 is 0. The third kappa shape index (κ3) is 6.76. The third-order valence-electron chi connectivity index (χ3n) is 5.20. The molecule has 2 rings (SSSR count). The Morgan fingerprint density at radius 1 is 1.33 bits per heavy atom. The van der Waals surface area contributed by atoms with Gasteiger partial charge in [-0.3, -0.25) is 4.79 Å². The zero-order valence-corrected chi connectivity index (χ0v) is 15.7. The lowest BCUT2D eigenvalue weighted by atomic mass is 9.82. The topological polar surface area (TPSA) is 37.3 Å². The Bertz CT molecular complexity index is 522. The number of carbonyl (C=O) groups is 1. The van der Waals surface area contributed by atoms with Crippen LogP contribution in [0.15, 0.2) is 34.9 Å². The molecule has 0 aliphatic heterocycles. The second-order valence-electron chi connectivity index (χ2n) is 8.22. The fourth-order valence-corrected chi connectivity index (χ4v) is 3.86. The number of carbonyl (C=O) groups excluding carboxylic acids is 1. The molecule has 0 aromatic heterocycles. The Kier molecular flexibility index (Phi) is 7.48. The SMILES string of the molecule is C/C(=C\CC1=CC(O)CCC1)CC1CC(=O)C=C(CCC(C)C)C1. The minimum Gasteiger partial charge on any atom is -0.389 e. The van der Waals surface area contributed by atoms with E-state index in [1.807, 2.05) is 12.2 Å². The summed E-state index contributed by atoms with van der Waals surface area (Å²) in [5.74, 6) is 1.49. The van der Waals surface area contributed by atoms with Gasteiger partial charge in [-0.15, -0.1) is 0 Å². The van der Waals surface area contributed by atoms with Crippen molar-refractivity contribution in [3.63, 3.8) is 0 Å². The van der Waals surface area contributed by atoms with E-state index < -0.39 is 0 Å². The van der Waals surface area contributed by atoms with Crippen molar-refractivity contribution in [1.82, 2.24) is 0 Å². The van der Waals surface area contributed by atoms with Crippen molar-refractivity contribution in [3.05, 3.63) is 34.9 Å². The molecule has 0 heterocycles. The summed E-state index contributed by atoms with van der Waals surface area (Å²) in [5.41, 5.74) is 4.11. The number of ketones is 1. The van der Waals surface area contributed by atoms with E-state index in [1.165, 1.54) is 23.1 Å². The molecule has 0 amide bonds. The van der Waals surface area contributed by atoms with Gasteiger partial charge < -0.3 is 5.11 Å². The van der Waals surface area contributed by atoms with E-state index in [-0.39, 0.29) is 6.10 Å². The van der Waals surface area contributed by atoms with Crippen LogP contribution in [0.1, 0.15) is 78.6 Å². The molecule has 134 valence electrons. The van der Waals surface area contributed by atoms with Crippen LogP contribution in [0.5, 0.6) is 0 Å². The molecule has 0 aromatic carbocycles. The van der Waals surface area contributed by atoms with Gasteiger partial charge in [-0.1, -0.05) is 42.7 Å². The van der Waals surface area contributed by atoms with E-state index in [4.69, 9.17) is 0 Å². The molecule has 0 aromatic rings. The summed E-state index contributed by atoms with van der Waals surface area (Å²) < 4.78 is 0. The first-order chi connectivity index (χ1) is 11.4. The Morgan fingerprint density at radius 2 is 2.12 bits per heavy atom. The highest BCUT2D eigenvalue weighted by Gasteiger charge is 2.21. The van der Waals surface area contributed by atoms with E-state index in [0.29, 0.717) is 24.0 Å². The first-order valence-electron chi connectivity index (χ1n) is 9.68. The molecule has 2 nitrogen and oxygen atoms in total. The molecule has 24 heavy (non-hydrogen) atoms. The monoisotopic (exact) mass is 330 g/mol. The van der Waals surface area contributed by atoms with Crippen LogP contribution >= 0.6 is 0 Å². The molecule has 2 aliphatic rings. The highest BCUT2D eigenvalue weighted by molar-refractivity contribution is 5.91. The fourth-order valence-electron chi connectivity index (χ4n) is 3.86. The first-order valence-corrected chi connectivity index (χ1v) is 9.68. The van der Waals surface area contributed by atoms with Crippen LogP contribution in [-0.4, -0.2) is 17.0 Å². The van der Waals surface area contributed by atoms with Crippen molar-refractivity contribution in [1.29, 1.82) is 0 Å². The second-order valence-corrected chi connectivity index (χ2v) is 8.22. The molecule has 0 saturated carbocycles. The van der Waals surface area contributed by atoms with Gasteiger partial charge in [0.05, 0.1) is 6.10 Å². The summed E-state index contributed by atoms with van der Waals surface area (Å²) in [6.45, 7) is 6.68. The van der Waals surface area contributed by atoms with E-state index >= 15 is 0 Å². The minimum atomic E-state index is -0.243. The second kappa shape index (κ2) is 9.36. The number of aliphatic hydroxyl groups excluding tert-OH is 1. The maximum Gasteiger partial charge on any atom is 0.155 e. The quantitative estimate of drug-likeness (QED) is 0.623. The van der Waals surface area contributed by atoms with Crippen molar-refractivity contribution >= 4 is 5.78 Å². The van der Waals surface area contributed by atoms with Crippen molar-refractivity contribution in [2.45, 2.75) is 84.7 Å². The molecule has 0 fully saturated rings. The van der Waals surface area contributed by atoms with Gasteiger partial charge in [0.2, 0.25) is 0 Å². The zero-order chi connectivity index (χ0) is 17.5. The molecule has 0 bridgehead atoms. The summed E-state index contributed by atoms with van der Waals surface area (Å²) in [7, 11) is 0. The highest BCUT2D eigenvalue weighted by atomic mass is 16.3. The molecular weight excluding hydrogens is 296 g/mol. The summed E-state index contributed by atoms with van der Waals surface area (Å²) in [5, 5.41) is 9.71. The number of hydrogen-bond donors (Lipinski definition) is 1. The number of allylic oxidation sites excluding steroid dienone is 5. The lowest BCUT2D eigenvalue weighted by Crippen LogP contribution is -2.15. The van der Waals surface area contributed by atoms with Crippen LogP contribution in [0, 0.1) is 11.8 Å². The van der Waals surface area contributed by atoms with Gasteiger partial charge >= 0.3 is 0 Å². The molecule has 2 unspecified atom stereocenters. The van der Waals surface area contributed by atoms with E-state index in [1.54, 1.807) is 0 Å². The summed E-state index contributed by atoms with van der Waals surface area (Å²) in [6, 6.07) is 0. The maximum absolute atomic E-state index is 12.0. The smallest absolute Gasteiger partial charge is 0.155 e. The fraction of sp³-hybridized carbons (Fsp3) is 0.682. The van der Waals surface area contributed by atoms with Crippen molar-refractivity contribution in [2.24, 2.45) is 11.8 Å². The highest BCUT2D eigenvalue weighted by Crippen LogP contribution is 2.31. The normalized spacial score (nSPS) is 25.7. The predicted octanol–water partition coefficient (Wildman–Crippen LogP) is 5.53. The van der Waals surface area contributed by atoms with Gasteiger partial charge in [0.1, 0.15) is 0 Å². The van der Waals surface area contributed by atoms with Crippen molar-refractivity contribution < 1.29 is 9.90 Å². The Morgan fingerprint density at radius 3 is 2.83 bits per heavy atom. The number of aliphatic hydroxyl groups is 1. The van der Waals surface area contributed by atoms with Crippen LogP contribution in [0.2, 0.25) is 0 Å². The van der Waals surface area contributed by atoms with Gasteiger partial charge in [-0.2, -0.15) is 0 Å². The molecule has 2 atom stereocenters. The average Bonchev–Trinajstić information content (AvgIpc) is 2.50.